The lowest BCUT2D eigenvalue weighted by atomic mass is 10.0. The zero-order valence-electron chi connectivity index (χ0n) is 18.5. The second-order valence-corrected chi connectivity index (χ2v) is 8.01. The van der Waals surface area contributed by atoms with E-state index in [1.165, 1.54) is 0 Å². The first kappa shape index (κ1) is 22.4. The largest absolute Gasteiger partial charge is 0.494 e. The van der Waals surface area contributed by atoms with Crippen LogP contribution in [0.4, 0.5) is 5.69 Å². The van der Waals surface area contributed by atoms with Gasteiger partial charge in [0.2, 0.25) is 11.8 Å². The van der Waals surface area contributed by atoms with Crippen molar-refractivity contribution < 1.29 is 19.1 Å². The summed E-state index contributed by atoms with van der Waals surface area (Å²) < 4.78 is 11.5. The number of carbonyl (C=O) groups is 2. The van der Waals surface area contributed by atoms with Gasteiger partial charge in [0, 0.05) is 25.1 Å². The number of hydrogen-bond acceptors (Lipinski definition) is 4. The third-order valence-electron chi connectivity index (χ3n) is 5.45. The van der Waals surface area contributed by atoms with Gasteiger partial charge in [0.15, 0.2) is 0 Å². The first-order valence-electron chi connectivity index (χ1n) is 11.2. The number of nitrogens with one attached hydrogen (secondary N) is 2. The van der Waals surface area contributed by atoms with Gasteiger partial charge in [0.25, 0.3) is 0 Å². The predicted octanol–water partition coefficient (Wildman–Crippen LogP) is 4.63. The number of ether oxygens (including phenoxy) is 2. The highest BCUT2D eigenvalue weighted by Crippen LogP contribution is 2.26. The number of carbonyl (C=O) groups excluding carboxylic acids is 2. The normalized spacial score (nSPS) is 12.4. The molecular formula is C27H28N2O4. The number of rotatable bonds is 10. The number of anilines is 1. The van der Waals surface area contributed by atoms with E-state index in [1.807, 2.05) is 72.8 Å². The quantitative estimate of drug-likeness (QED) is 0.447. The van der Waals surface area contributed by atoms with Crippen LogP contribution in [0.1, 0.15) is 36.0 Å². The average molecular weight is 445 g/mol. The van der Waals surface area contributed by atoms with Crippen molar-refractivity contribution in [2.24, 2.45) is 0 Å². The molecule has 0 saturated carbocycles. The van der Waals surface area contributed by atoms with Crippen LogP contribution in [-0.4, -0.2) is 18.4 Å². The van der Waals surface area contributed by atoms with Crippen molar-refractivity contribution in [1.82, 2.24) is 5.32 Å². The lowest BCUT2D eigenvalue weighted by Gasteiger charge is -2.17. The number of hydrogen-bond donors (Lipinski definition) is 2. The third-order valence-corrected chi connectivity index (χ3v) is 5.45. The van der Waals surface area contributed by atoms with Crippen molar-refractivity contribution >= 4 is 17.5 Å². The molecule has 170 valence electrons. The topological polar surface area (TPSA) is 76.7 Å². The maximum Gasteiger partial charge on any atom is 0.224 e. The Morgan fingerprint density at radius 1 is 0.879 bits per heavy atom. The molecule has 0 saturated heterocycles. The minimum Gasteiger partial charge on any atom is -0.494 e. The molecule has 0 aliphatic carbocycles. The van der Waals surface area contributed by atoms with Crippen molar-refractivity contribution in [1.29, 1.82) is 0 Å². The van der Waals surface area contributed by atoms with Crippen LogP contribution in [0.15, 0.2) is 72.8 Å². The summed E-state index contributed by atoms with van der Waals surface area (Å²) in [4.78, 5) is 23.6. The van der Waals surface area contributed by atoms with E-state index < -0.39 is 0 Å². The molecule has 4 rings (SSSR count). The first-order chi connectivity index (χ1) is 16.2. The summed E-state index contributed by atoms with van der Waals surface area (Å²) in [5.41, 5.74) is 4.07. The SMILES string of the molecule is O=C(CCCOc1ccc2c(c1)CCC(=O)N2)NCc1ccc(COc2ccccc2)cc1. The third kappa shape index (κ3) is 6.84. The molecule has 6 heteroatoms. The van der Waals surface area contributed by atoms with E-state index in [4.69, 9.17) is 9.47 Å². The Morgan fingerprint density at radius 2 is 1.67 bits per heavy atom. The van der Waals surface area contributed by atoms with E-state index in [0.717, 1.165) is 40.3 Å². The fourth-order valence-corrected chi connectivity index (χ4v) is 3.60. The molecule has 3 aromatic rings. The predicted molar refractivity (Wildman–Crippen MR) is 127 cm³/mol. The van der Waals surface area contributed by atoms with Gasteiger partial charge in [0.05, 0.1) is 6.61 Å². The van der Waals surface area contributed by atoms with Gasteiger partial charge in [-0.15, -0.1) is 0 Å². The van der Waals surface area contributed by atoms with E-state index in [0.29, 0.717) is 39.0 Å². The first-order valence-corrected chi connectivity index (χ1v) is 11.2. The Morgan fingerprint density at radius 3 is 2.48 bits per heavy atom. The van der Waals surface area contributed by atoms with E-state index in [2.05, 4.69) is 10.6 Å². The molecule has 1 aliphatic rings. The van der Waals surface area contributed by atoms with Crippen molar-refractivity contribution in [3.63, 3.8) is 0 Å². The molecule has 0 radical (unpaired) electrons. The van der Waals surface area contributed by atoms with Gasteiger partial charge in [-0.3, -0.25) is 9.59 Å². The summed E-state index contributed by atoms with van der Waals surface area (Å²) in [6.45, 7) is 1.47. The maximum absolute atomic E-state index is 12.1. The molecule has 0 spiro atoms. The summed E-state index contributed by atoms with van der Waals surface area (Å²) in [5, 5.41) is 5.81. The molecule has 3 aromatic carbocycles. The van der Waals surface area contributed by atoms with E-state index in [9.17, 15) is 9.59 Å². The summed E-state index contributed by atoms with van der Waals surface area (Å²) in [5.74, 6) is 1.66. The van der Waals surface area contributed by atoms with Gasteiger partial charge >= 0.3 is 0 Å². The molecule has 2 amide bonds. The van der Waals surface area contributed by atoms with Crippen LogP contribution in [0.5, 0.6) is 11.5 Å². The number of amides is 2. The second kappa shape index (κ2) is 11.2. The minimum atomic E-state index is 0.00300. The van der Waals surface area contributed by atoms with Crippen LogP contribution in [0.25, 0.3) is 0 Å². The van der Waals surface area contributed by atoms with Gasteiger partial charge in [-0.2, -0.15) is 0 Å². The Labute approximate surface area is 193 Å². The van der Waals surface area contributed by atoms with Crippen molar-refractivity contribution in [3.8, 4) is 11.5 Å². The highest BCUT2D eigenvalue weighted by molar-refractivity contribution is 5.94. The summed E-state index contributed by atoms with van der Waals surface area (Å²) >= 11 is 0. The summed E-state index contributed by atoms with van der Waals surface area (Å²) in [6.07, 6.45) is 2.27. The van der Waals surface area contributed by atoms with Gasteiger partial charge in [-0.05, 0) is 59.9 Å². The monoisotopic (exact) mass is 444 g/mol. The van der Waals surface area contributed by atoms with Crippen LogP contribution >= 0.6 is 0 Å². The lowest BCUT2D eigenvalue weighted by molar-refractivity contribution is -0.121. The van der Waals surface area contributed by atoms with Gasteiger partial charge < -0.3 is 20.1 Å². The summed E-state index contributed by atoms with van der Waals surface area (Å²) in [7, 11) is 0. The molecule has 0 aromatic heterocycles. The number of para-hydroxylation sites is 1. The van der Waals surface area contributed by atoms with Crippen molar-refractivity contribution in [3.05, 3.63) is 89.5 Å². The molecule has 1 aliphatic heterocycles. The van der Waals surface area contributed by atoms with Crippen LogP contribution in [0, 0.1) is 0 Å². The van der Waals surface area contributed by atoms with Crippen molar-refractivity contribution in [2.75, 3.05) is 11.9 Å². The fraction of sp³-hybridized carbons (Fsp3) is 0.259. The van der Waals surface area contributed by atoms with Gasteiger partial charge in [0.1, 0.15) is 18.1 Å². The Bertz CT molecular complexity index is 1080. The molecule has 33 heavy (non-hydrogen) atoms. The van der Waals surface area contributed by atoms with E-state index in [-0.39, 0.29) is 11.8 Å². The minimum absolute atomic E-state index is 0.00300. The number of fused-ring (bicyclic) bond motifs is 1. The van der Waals surface area contributed by atoms with Crippen molar-refractivity contribution in [2.45, 2.75) is 38.8 Å². The highest BCUT2D eigenvalue weighted by Gasteiger charge is 2.15. The van der Waals surface area contributed by atoms with Crippen LogP contribution in [0.2, 0.25) is 0 Å². The Hall–Kier alpha value is -3.80. The van der Waals surface area contributed by atoms with Gasteiger partial charge in [-0.25, -0.2) is 0 Å². The molecule has 6 nitrogen and oxygen atoms in total. The molecule has 0 unspecified atom stereocenters. The average Bonchev–Trinajstić information content (AvgIpc) is 2.85. The van der Waals surface area contributed by atoms with Gasteiger partial charge in [-0.1, -0.05) is 42.5 Å². The number of benzene rings is 3. The lowest BCUT2D eigenvalue weighted by Crippen LogP contribution is -2.23. The standard InChI is InChI=1S/C27H28N2O4/c30-26(7-4-16-32-24-13-14-25-22(17-24)12-15-27(31)29-25)28-18-20-8-10-21(11-9-20)19-33-23-5-2-1-3-6-23/h1-3,5-6,8-11,13-14,17H,4,7,12,15-16,18-19H2,(H,28,30)(H,29,31). The molecule has 2 N–H and O–H groups in total. The fourth-order valence-electron chi connectivity index (χ4n) is 3.60. The smallest absolute Gasteiger partial charge is 0.224 e. The summed E-state index contributed by atoms with van der Waals surface area (Å²) in [6, 6.07) is 23.4. The van der Waals surface area contributed by atoms with Crippen LogP contribution in [-0.2, 0) is 29.2 Å². The zero-order chi connectivity index (χ0) is 22.9. The highest BCUT2D eigenvalue weighted by atomic mass is 16.5. The zero-order valence-corrected chi connectivity index (χ0v) is 18.5. The molecule has 0 atom stereocenters. The number of aryl methyl sites for hydroxylation is 1. The Kier molecular flexibility index (Phi) is 7.59. The molecular weight excluding hydrogens is 416 g/mol. The maximum atomic E-state index is 12.1. The molecule has 0 fully saturated rings. The van der Waals surface area contributed by atoms with Crippen LogP contribution < -0.4 is 20.1 Å². The van der Waals surface area contributed by atoms with E-state index in [1.54, 1.807) is 0 Å². The molecule has 0 bridgehead atoms. The second-order valence-electron chi connectivity index (χ2n) is 8.01. The van der Waals surface area contributed by atoms with E-state index >= 15 is 0 Å². The Balaban J connectivity index is 1.12. The van der Waals surface area contributed by atoms with Crippen LogP contribution in [0.3, 0.4) is 0 Å². The molecule has 1 heterocycles.